The average molecular weight is 300 g/mol. The number of sulfone groups is 1. The van der Waals surface area contributed by atoms with E-state index in [1.807, 2.05) is 0 Å². The molecule has 3 aliphatic rings. The summed E-state index contributed by atoms with van der Waals surface area (Å²) < 4.78 is 23.9. The Morgan fingerprint density at radius 2 is 2.00 bits per heavy atom. The van der Waals surface area contributed by atoms with E-state index < -0.39 is 9.84 Å². The first-order valence-corrected chi connectivity index (χ1v) is 9.82. The fraction of sp³-hybridized carbons (Fsp3) is 1.00. The first kappa shape index (κ1) is 14.8. The van der Waals surface area contributed by atoms with Crippen molar-refractivity contribution in [1.82, 2.24) is 10.2 Å². The molecule has 1 aliphatic carbocycles. The molecule has 0 spiro atoms. The van der Waals surface area contributed by atoms with E-state index in [0.717, 1.165) is 31.8 Å². The summed E-state index contributed by atoms with van der Waals surface area (Å²) in [6.07, 6.45) is 4.53. The van der Waals surface area contributed by atoms with Gasteiger partial charge in [-0.15, -0.1) is 0 Å². The Bertz CT molecular complexity index is 488. The molecule has 3 unspecified atom stereocenters. The topological polar surface area (TPSA) is 49.4 Å². The quantitative estimate of drug-likeness (QED) is 0.856. The second-order valence-electron chi connectivity index (χ2n) is 7.60. The average Bonchev–Trinajstić information content (AvgIpc) is 3.17. The second kappa shape index (κ2) is 4.68. The summed E-state index contributed by atoms with van der Waals surface area (Å²) in [7, 11) is -2.84. The van der Waals surface area contributed by atoms with Crippen LogP contribution >= 0.6 is 0 Å². The normalized spacial score (nSPS) is 45.6. The molecule has 3 fully saturated rings. The number of nitrogens with zero attached hydrogens (tertiary/aromatic N) is 1. The van der Waals surface area contributed by atoms with Crippen LogP contribution in [-0.2, 0) is 9.84 Å². The second-order valence-corrected chi connectivity index (χ2v) is 9.79. The molecule has 3 rings (SSSR count). The van der Waals surface area contributed by atoms with Crippen molar-refractivity contribution in [3.05, 3.63) is 0 Å². The molecule has 2 heterocycles. The Balaban J connectivity index is 1.84. The fourth-order valence-electron chi connectivity index (χ4n) is 4.21. The summed E-state index contributed by atoms with van der Waals surface area (Å²) in [5.41, 5.74) is 0.0266. The maximum absolute atomic E-state index is 11.9. The lowest BCUT2D eigenvalue weighted by Crippen LogP contribution is -2.69. The van der Waals surface area contributed by atoms with Crippen molar-refractivity contribution in [2.75, 3.05) is 24.6 Å². The monoisotopic (exact) mass is 300 g/mol. The lowest BCUT2D eigenvalue weighted by molar-refractivity contribution is -0.000153. The van der Waals surface area contributed by atoms with Crippen molar-refractivity contribution in [2.45, 2.75) is 63.6 Å². The van der Waals surface area contributed by atoms with Crippen LogP contribution in [0.25, 0.3) is 0 Å². The largest absolute Gasteiger partial charge is 0.308 e. The summed E-state index contributed by atoms with van der Waals surface area (Å²) in [5, 5.41) is 3.76. The summed E-state index contributed by atoms with van der Waals surface area (Å²) in [4.78, 5) is 2.53. The molecule has 20 heavy (non-hydrogen) atoms. The Kier molecular flexibility index (Phi) is 3.46. The van der Waals surface area contributed by atoms with Crippen molar-refractivity contribution in [3.63, 3.8) is 0 Å². The molecular weight excluding hydrogens is 272 g/mol. The van der Waals surface area contributed by atoms with E-state index in [2.05, 4.69) is 31.0 Å². The van der Waals surface area contributed by atoms with Gasteiger partial charge in [0.15, 0.2) is 9.84 Å². The lowest BCUT2D eigenvalue weighted by atomic mass is 9.85. The maximum atomic E-state index is 11.9. The minimum atomic E-state index is -2.84. The van der Waals surface area contributed by atoms with Gasteiger partial charge >= 0.3 is 0 Å². The number of hydrogen-bond acceptors (Lipinski definition) is 4. The molecule has 0 amide bonds. The standard InChI is InChI=1S/C15H28N2O2S/c1-4-13-9-16-15(3,12-5-6-12)10-17(13)14(2)7-8-20(18,19)11-14/h12-13,16H,4-11H2,1-3H3. The van der Waals surface area contributed by atoms with Gasteiger partial charge in [-0.05, 0) is 45.4 Å². The Morgan fingerprint density at radius 3 is 2.50 bits per heavy atom. The lowest BCUT2D eigenvalue weighted by Gasteiger charge is -2.52. The molecule has 3 atom stereocenters. The summed E-state index contributed by atoms with van der Waals surface area (Å²) in [6.45, 7) is 8.71. The zero-order valence-electron chi connectivity index (χ0n) is 13.0. The van der Waals surface area contributed by atoms with E-state index in [-0.39, 0.29) is 11.1 Å². The highest BCUT2D eigenvalue weighted by Crippen LogP contribution is 2.44. The molecule has 0 bridgehead atoms. The van der Waals surface area contributed by atoms with Crippen LogP contribution in [0.15, 0.2) is 0 Å². The number of hydrogen-bond donors (Lipinski definition) is 1. The third-order valence-electron chi connectivity index (χ3n) is 5.81. The predicted molar refractivity (Wildman–Crippen MR) is 81.6 cm³/mol. The van der Waals surface area contributed by atoms with Gasteiger partial charge in [0.1, 0.15) is 0 Å². The number of piperazine rings is 1. The Hall–Kier alpha value is -0.130. The molecule has 1 N–H and O–H groups in total. The van der Waals surface area contributed by atoms with Gasteiger partial charge in [-0.1, -0.05) is 6.92 Å². The van der Waals surface area contributed by atoms with Gasteiger partial charge in [0, 0.05) is 30.2 Å². The fourth-order valence-corrected chi connectivity index (χ4v) is 6.36. The minimum absolute atomic E-state index is 0.155. The van der Waals surface area contributed by atoms with Crippen molar-refractivity contribution < 1.29 is 8.42 Å². The van der Waals surface area contributed by atoms with E-state index in [9.17, 15) is 8.42 Å². The van der Waals surface area contributed by atoms with Crippen molar-refractivity contribution in [1.29, 1.82) is 0 Å². The van der Waals surface area contributed by atoms with Gasteiger partial charge < -0.3 is 5.32 Å². The third-order valence-corrected chi connectivity index (χ3v) is 7.69. The van der Waals surface area contributed by atoms with Crippen molar-refractivity contribution >= 4 is 9.84 Å². The van der Waals surface area contributed by atoms with Crippen LogP contribution in [0.3, 0.4) is 0 Å². The zero-order chi connectivity index (χ0) is 14.6. The third kappa shape index (κ3) is 2.53. The summed E-state index contributed by atoms with van der Waals surface area (Å²) >= 11 is 0. The van der Waals surface area contributed by atoms with E-state index in [1.54, 1.807) is 0 Å². The molecule has 0 radical (unpaired) electrons. The number of nitrogens with one attached hydrogen (secondary N) is 1. The Labute approximate surface area is 123 Å². The van der Waals surface area contributed by atoms with Gasteiger partial charge in [-0.3, -0.25) is 4.90 Å². The molecule has 1 saturated carbocycles. The molecule has 0 aromatic rings. The van der Waals surface area contributed by atoms with Crippen LogP contribution in [0.2, 0.25) is 0 Å². The van der Waals surface area contributed by atoms with E-state index in [4.69, 9.17) is 0 Å². The molecule has 2 saturated heterocycles. The van der Waals surface area contributed by atoms with Crippen LogP contribution in [0.5, 0.6) is 0 Å². The van der Waals surface area contributed by atoms with E-state index in [1.165, 1.54) is 12.8 Å². The van der Waals surface area contributed by atoms with Crippen LogP contribution < -0.4 is 5.32 Å². The summed E-state index contributed by atoms with van der Waals surface area (Å²) in [5.74, 6) is 1.49. The SMILES string of the molecule is CCC1CNC(C)(C2CC2)CN1C1(C)CCS(=O)(=O)C1. The Morgan fingerprint density at radius 1 is 1.30 bits per heavy atom. The van der Waals surface area contributed by atoms with E-state index >= 15 is 0 Å². The smallest absolute Gasteiger partial charge is 0.152 e. The van der Waals surface area contributed by atoms with Crippen LogP contribution in [0, 0.1) is 5.92 Å². The van der Waals surface area contributed by atoms with Gasteiger partial charge in [-0.2, -0.15) is 0 Å². The summed E-state index contributed by atoms with van der Waals surface area (Å²) in [6, 6.07) is 0.472. The van der Waals surface area contributed by atoms with E-state index in [0.29, 0.717) is 17.5 Å². The van der Waals surface area contributed by atoms with Crippen LogP contribution in [-0.4, -0.2) is 55.0 Å². The highest BCUT2D eigenvalue weighted by molar-refractivity contribution is 7.91. The van der Waals surface area contributed by atoms with Crippen molar-refractivity contribution in [3.8, 4) is 0 Å². The molecule has 0 aromatic carbocycles. The van der Waals surface area contributed by atoms with Crippen molar-refractivity contribution in [2.24, 2.45) is 5.92 Å². The van der Waals surface area contributed by atoms with Crippen LogP contribution in [0.4, 0.5) is 0 Å². The molecule has 2 aliphatic heterocycles. The first-order valence-electron chi connectivity index (χ1n) is 8.00. The first-order chi connectivity index (χ1) is 9.28. The molecule has 5 heteroatoms. The molecule has 0 aromatic heterocycles. The molecular formula is C15H28N2O2S. The number of rotatable bonds is 3. The zero-order valence-corrected chi connectivity index (χ0v) is 13.8. The van der Waals surface area contributed by atoms with Gasteiger partial charge in [0.25, 0.3) is 0 Å². The minimum Gasteiger partial charge on any atom is -0.308 e. The van der Waals surface area contributed by atoms with Gasteiger partial charge in [-0.25, -0.2) is 8.42 Å². The van der Waals surface area contributed by atoms with Gasteiger partial charge in [0.2, 0.25) is 0 Å². The highest BCUT2D eigenvalue weighted by Gasteiger charge is 2.52. The maximum Gasteiger partial charge on any atom is 0.152 e. The highest BCUT2D eigenvalue weighted by atomic mass is 32.2. The molecule has 4 nitrogen and oxygen atoms in total. The van der Waals surface area contributed by atoms with Crippen LogP contribution in [0.1, 0.15) is 46.5 Å². The predicted octanol–water partition coefficient (Wildman–Crippen LogP) is 1.42. The molecule has 116 valence electrons. The van der Waals surface area contributed by atoms with Gasteiger partial charge in [0.05, 0.1) is 11.5 Å².